The summed E-state index contributed by atoms with van der Waals surface area (Å²) in [5.74, 6) is -2.03. The van der Waals surface area contributed by atoms with E-state index >= 15 is 0 Å². The van der Waals surface area contributed by atoms with Gasteiger partial charge in [-0.25, -0.2) is 17.5 Å². The molecule has 0 aromatic rings. The van der Waals surface area contributed by atoms with E-state index in [0.717, 1.165) is 22.3 Å². The van der Waals surface area contributed by atoms with Crippen molar-refractivity contribution >= 4 is 38.8 Å². The van der Waals surface area contributed by atoms with E-state index in [1.165, 1.54) is 20.0 Å². The zero-order chi connectivity index (χ0) is 18.9. The predicted molar refractivity (Wildman–Crippen MR) is 90.8 cm³/mol. The van der Waals surface area contributed by atoms with Gasteiger partial charge >= 0.3 is 11.9 Å². The molecule has 0 rings (SSSR count). The summed E-state index contributed by atoms with van der Waals surface area (Å²) in [4.78, 5) is 34.9. The fourth-order valence-corrected chi connectivity index (χ4v) is 2.36. The summed E-state index contributed by atoms with van der Waals surface area (Å²) in [6, 6.07) is 0. The number of nitrogens with zero attached hydrogens (tertiary/aromatic N) is 1. The molecule has 0 aliphatic rings. The molecule has 0 N–H and O–H groups in total. The fourth-order valence-electron chi connectivity index (χ4n) is 1.33. The molecule has 0 aliphatic carbocycles. The Balaban J connectivity index is 4.97. The molecule has 8 nitrogen and oxygen atoms in total. The molecule has 1 unspecified atom stereocenters. The molecule has 0 radical (unpaired) electrons. The molecule has 24 heavy (non-hydrogen) atoms. The van der Waals surface area contributed by atoms with Gasteiger partial charge in [-0.2, -0.15) is 0 Å². The molecule has 2 atom stereocenters. The molecule has 138 valence electrons. The van der Waals surface area contributed by atoms with Crippen LogP contribution in [0.1, 0.15) is 13.8 Å². The van der Waals surface area contributed by atoms with Gasteiger partial charge in [0.25, 0.3) is 0 Å². The molecule has 0 spiro atoms. The van der Waals surface area contributed by atoms with Crippen molar-refractivity contribution in [1.29, 1.82) is 0 Å². The van der Waals surface area contributed by atoms with Gasteiger partial charge in [-0.05, 0) is 0 Å². The molecule has 0 saturated heterocycles. The van der Waals surface area contributed by atoms with Gasteiger partial charge in [0.1, 0.15) is 6.61 Å². The van der Waals surface area contributed by atoms with Crippen molar-refractivity contribution in [2.45, 2.75) is 20.0 Å². The Bertz CT molecular complexity index is 574. The van der Waals surface area contributed by atoms with Crippen molar-refractivity contribution in [2.24, 2.45) is 5.92 Å². The van der Waals surface area contributed by atoms with Crippen molar-refractivity contribution in [3.63, 3.8) is 0 Å². The van der Waals surface area contributed by atoms with Crippen molar-refractivity contribution in [1.82, 2.24) is 4.31 Å². The third-order valence-electron chi connectivity index (χ3n) is 2.79. The minimum Gasteiger partial charge on any atom is -0.459 e. The van der Waals surface area contributed by atoms with Gasteiger partial charge in [-0.3, -0.25) is 9.59 Å². The minimum atomic E-state index is -3.56. The average Bonchev–Trinajstić information content (AvgIpc) is 2.48. The van der Waals surface area contributed by atoms with Crippen LogP contribution in [0.5, 0.6) is 0 Å². The molecule has 0 aliphatic heterocycles. The maximum atomic E-state index is 12.0. The van der Waals surface area contributed by atoms with Crippen molar-refractivity contribution in [3.05, 3.63) is 12.7 Å². The number of likely N-dealkylation sites (N-methyl/N-ethyl adjacent to an activating group) is 1. The highest BCUT2D eigenvalue weighted by Gasteiger charge is 2.30. The number of hydrogen-bond acceptors (Lipinski definition) is 8. The number of thioether (sulfide) groups is 1. The Kier molecular flexibility index (Phi) is 9.86. The summed E-state index contributed by atoms with van der Waals surface area (Å²) in [7, 11) is -2.31. The molecule has 0 amide bonds. The van der Waals surface area contributed by atoms with Crippen molar-refractivity contribution in [2.75, 3.05) is 32.2 Å². The van der Waals surface area contributed by atoms with Crippen LogP contribution in [0.15, 0.2) is 12.7 Å². The lowest BCUT2D eigenvalue weighted by Gasteiger charge is -2.22. The first-order valence-electron chi connectivity index (χ1n) is 7.01. The van der Waals surface area contributed by atoms with Gasteiger partial charge in [0, 0.05) is 19.7 Å². The van der Waals surface area contributed by atoms with Crippen molar-refractivity contribution < 1.29 is 32.3 Å². The minimum absolute atomic E-state index is 0.0920. The Morgan fingerprint density at radius 3 is 2.33 bits per heavy atom. The van der Waals surface area contributed by atoms with E-state index < -0.39 is 34.0 Å². The molecule has 0 bridgehead atoms. The third kappa shape index (κ3) is 9.04. The topological polar surface area (TPSA) is 107 Å². The molecule has 0 aromatic heterocycles. The van der Waals surface area contributed by atoms with Gasteiger partial charge in [0.2, 0.25) is 16.1 Å². The lowest BCUT2D eigenvalue weighted by molar-refractivity contribution is -0.169. The van der Waals surface area contributed by atoms with Crippen LogP contribution in [-0.2, 0) is 33.9 Å². The summed E-state index contributed by atoms with van der Waals surface area (Å²) >= 11 is 0.960. The van der Waals surface area contributed by atoms with Crippen molar-refractivity contribution in [3.8, 4) is 0 Å². The first-order valence-corrected chi connectivity index (χ1v) is 9.85. The van der Waals surface area contributed by atoms with Crippen LogP contribution in [-0.4, -0.2) is 68.1 Å². The maximum Gasteiger partial charge on any atom is 0.349 e. The molecular weight excluding hydrogens is 358 g/mol. The zero-order valence-corrected chi connectivity index (χ0v) is 15.8. The summed E-state index contributed by atoms with van der Waals surface area (Å²) in [5.41, 5.74) is 0. The van der Waals surface area contributed by atoms with E-state index in [2.05, 4.69) is 6.58 Å². The van der Waals surface area contributed by atoms with E-state index in [1.807, 2.05) is 0 Å². The van der Waals surface area contributed by atoms with Crippen LogP contribution < -0.4 is 0 Å². The second-order valence-electron chi connectivity index (χ2n) is 5.09. The SMILES string of the molecule is C=CCOC(=O)C(CN(C)S(C)(=O)=O)OC(=O)[C@H](C)CSC(C)=O. The smallest absolute Gasteiger partial charge is 0.349 e. The first-order chi connectivity index (χ1) is 11.0. The summed E-state index contributed by atoms with van der Waals surface area (Å²) in [6.45, 7) is 5.86. The number of rotatable bonds is 10. The highest BCUT2D eigenvalue weighted by atomic mass is 32.2. The molecule has 0 saturated carbocycles. The highest BCUT2D eigenvalue weighted by molar-refractivity contribution is 8.13. The van der Waals surface area contributed by atoms with Gasteiger partial charge in [0.15, 0.2) is 5.12 Å². The molecule has 0 aromatic carbocycles. The number of hydrogen-bond donors (Lipinski definition) is 0. The van der Waals surface area contributed by atoms with Crippen LogP contribution in [0.2, 0.25) is 0 Å². The number of carbonyl (C=O) groups excluding carboxylic acids is 3. The van der Waals surface area contributed by atoms with Crippen LogP contribution >= 0.6 is 11.8 Å². The van der Waals surface area contributed by atoms with E-state index in [0.29, 0.717) is 0 Å². The standard InChI is InChI=1S/C14H23NO7S2/c1-6-7-21-14(18)12(8-15(4)24(5,19)20)22-13(17)10(2)9-23-11(3)16/h6,10,12H,1,7-9H2,2-5H3/t10-,12?/m1/s1. The van der Waals surface area contributed by atoms with E-state index in [1.54, 1.807) is 6.92 Å². The fraction of sp³-hybridized carbons (Fsp3) is 0.643. The van der Waals surface area contributed by atoms with Crippen LogP contribution in [0.3, 0.4) is 0 Å². The van der Waals surface area contributed by atoms with E-state index in [9.17, 15) is 22.8 Å². The maximum absolute atomic E-state index is 12.0. The van der Waals surface area contributed by atoms with Gasteiger partial charge in [-0.1, -0.05) is 31.3 Å². The Labute approximate surface area is 146 Å². The van der Waals surface area contributed by atoms with Gasteiger partial charge in [-0.15, -0.1) is 0 Å². The third-order valence-corrected chi connectivity index (χ3v) is 5.15. The van der Waals surface area contributed by atoms with E-state index in [4.69, 9.17) is 9.47 Å². The normalized spacial score (nSPS) is 13.9. The molecule has 10 heteroatoms. The summed E-state index contributed by atoms with van der Waals surface area (Å²) < 4.78 is 33.8. The van der Waals surface area contributed by atoms with Crippen LogP contribution in [0, 0.1) is 5.92 Å². The molecule has 0 heterocycles. The van der Waals surface area contributed by atoms with Crippen LogP contribution in [0.25, 0.3) is 0 Å². The average molecular weight is 381 g/mol. The van der Waals surface area contributed by atoms with E-state index in [-0.39, 0.29) is 24.0 Å². The second-order valence-corrected chi connectivity index (χ2v) is 8.38. The molecule has 0 fully saturated rings. The summed E-state index contributed by atoms with van der Waals surface area (Å²) in [5, 5.41) is -0.145. The summed E-state index contributed by atoms with van der Waals surface area (Å²) in [6.07, 6.45) is 0.901. The Morgan fingerprint density at radius 1 is 1.29 bits per heavy atom. The van der Waals surface area contributed by atoms with Gasteiger partial charge < -0.3 is 9.47 Å². The largest absolute Gasteiger partial charge is 0.459 e. The lowest BCUT2D eigenvalue weighted by atomic mass is 10.2. The highest BCUT2D eigenvalue weighted by Crippen LogP contribution is 2.13. The number of esters is 2. The molecular formula is C14H23NO7S2. The number of carbonyl (C=O) groups is 3. The first kappa shape index (κ1) is 22.6. The number of sulfonamides is 1. The predicted octanol–water partition coefficient (Wildman–Crippen LogP) is 0.435. The lowest BCUT2D eigenvalue weighted by Crippen LogP contribution is -2.42. The quantitative estimate of drug-likeness (QED) is 0.396. The monoisotopic (exact) mass is 381 g/mol. The van der Waals surface area contributed by atoms with Gasteiger partial charge in [0.05, 0.1) is 18.7 Å². The second kappa shape index (κ2) is 10.5. The number of ether oxygens (including phenoxy) is 2. The Morgan fingerprint density at radius 2 is 1.88 bits per heavy atom. The Hall–Kier alpha value is -1.39. The van der Waals surface area contributed by atoms with Crippen LogP contribution in [0.4, 0.5) is 0 Å². The zero-order valence-electron chi connectivity index (χ0n) is 14.2.